The number of benzene rings is 1. The van der Waals surface area contributed by atoms with Crippen LogP contribution in [-0.4, -0.2) is 0 Å². The van der Waals surface area contributed by atoms with Gasteiger partial charge in [0.2, 0.25) is 0 Å². The Labute approximate surface area is 105 Å². The first-order chi connectivity index (χ1) is 7.77. The quantitative estimate of drug-likeness (QED) is 0.726. The normalized spacial score (nSPS) is 13.5. The average Bonchev–Trinajstić information content (AvgIpc) is 2.26. The molecule has 1 aromatic carbocycles. The second kappa shape index (κ2) is 4.92. The Morgan fingerprint density at radius 2 is 1.71 bits per heavy atom. The van der Waals surface area contributed by atoms with Gasteiger partial charge in [0.05, 0.1) is 11.6 Å². The molecule has 0 N–H and O–H groups in total. The van der Waals surface area contributed by atoms with Crippen molar-refractivity contribution in [3.8, 4) is 6.07 Å². The van der Waals surface area contributed by atoms with Crippen LogP contribution in [0.5, 0.6) is 0 Å². The van der Waals surface area contributed by atoms with Crippen LogP contribution in [0.15, 0.2) is 18.2 Å². The van der Waals surface area contributed by atoms with Gasteiger partial charge in [0.15, 0.2) is 0 Å². The third-order valence-electron chi connectivity index (χ3n) is 3.48. The summed E-state index contributed by atoms with van der Waals surface area (Å²) in [4.78, 5) is 0. The van der Waals surface area contributed by atoms with Crippen LogP contribution >= 0.6 is 0 Å². The molecule has 0 saturated heterocycles. The van der Waals surface area contributed by atoms with Crippen LogP contribution in [-0.2, 0) is 5.41 Å². The Balaban J connectivity index is 3.36. The van der Waals surface area contributed by atoms with E-state index in [0.29, 0.717) is 11.8 Å². The fourth-order valence-electron chi connectivity index (χ4n) is 2.03. The highest BCUT2D eigenvalue weighted by atomic mass is 14.3. The van der Waals surface area contributed by atoms with Gasteiger partial charge in [0, 0.05) is 0 Å². The van der Waals surface area contributed by atoms with E-state index < -0.39 is 0 Å². The molecule has 1 heteroatoms. The summed E-state index contributed by atoms with van der Waals surface area (Å²) in [6, 6.07) is 8.35. The van der Waals surface area contributed by atoms with Crippen molar-refractivity contribution in [3.63, 3.8) is 0 Å². The Bertz CT molecular complexity index is 430. The second-order valence-corrected chi connectivity index (χ2v) is 6.20. The maximum Gasteiger partial charge on any atom is 0.0991 e. The molecule has 0 bridgehead atoms. The van der Waals surface area contributed by atoms with Crippen molar-refractivity contribution in [2.45, 2.75) is 52.9 Å². The van der Waals surface area contributed by atoms with Crippen molar-refractivity contribution in [3.05, 3.63) is 34.9 Å². The summed E-state index contributed by atoms with van der Waals surface area (Å²) < 4.78 is 0. The van der Waals surface area contributed by atoms with Gasteiger partial charge in [-0.15, -0.1) is 0 Å². The smallest absolute Gasteiger partial charge is 0.0991 e. The zero-order chi connectivity index (χ0) is 13.2. The lowest BCUT2D eigenvalue weighted by molar-refractivity contribution is 0.509. The number of rotatable bonds is 2. The van der Waals surface area contributed by atoms with E-state index in [-0.39, 0.29) is 5.41 Å². The molecule has 0 amide bonds. The van der Waals surface area contributed by atoms with Gasteiger partial charge in [-0.05, 0) is 40.5 Å². The van der Waals surface area contributed by atoms with E-state index in [1.165, 1.54) is 11.1 Å². The van der Waals surface area contributed by atoms with E-state index >= 15 is 0 Å². The minimum absolute atomic E-state index is 0.0886. The molecule has 0 saturated carbocycles. The fraction of sp³-hybridized carbons (Fsp3) is 0.562. The first kappa shape index (κ1) is 13.8. The van der Waals surface area contributed by atoms with Gasteiger partial charge in [0.25, 0.3) is 0 Å². The summed E-state index contributed by atoms with van der Waals surface area (Å²) in [6.07, 6.45) is 0. The minimum Gasteiger partial charge on any atom is -0.192 e. The van der Waals surface area contributed by atoms with Gasteiger partial charge in [-0.3, -0.25) is 0 Å². The summed E-state index contributed by atoms with van der Waals surface area (Å²) >= 11 is 0. The van der Waals surface area contributed by atoms with Crippen LogP contribution < -0.4 is 0 Å². The van der Waals surface area contributed by atoms with Gasteiger partial charge in [-0.2, -0.15) is 5.26 Å². The highest BCUT2D eigenvalue weighted by Crippen LogP contribution is 2.34. The van der Waals surface area contributed by atoms with Gasteiger partial charge < -0.3 is 0 Å². The molecule has 0 spiro atoms. The van der Waals surface area contributed by atoms with E-state index in [9.17, 15) is 0 Å². The zero-order valence-corrected chi connectivity index (χ0v) is 11.8. The molecule has 17 heavy (non-hydrogen) atoms. The lowest BCUT2D eigenvalue weighted by atomic mass is 9.77. The van der Waals surface area contributed by atoms with E-state index in [4.69, 9.17) is 5.26 Å². The van der Waals surface area contributed by atoms with Crippen molar-refractivity contribution < 1.29 is 0 Å². The van der Waals surface area contributed by atoms with Gasteiger partial charge in [-0.25, -0.2) is 0 Å². The summed E-state index contributed by atoms with van der Waals surface area (Å²) in [6.45, 7) is 13.4. The summed E-state index contributed by atoms with van der Waals surface area (Å²) in [5.74, 6) is 1.14. The highest BCUT2D eigenvalue weighted by Gasteiger charge is 2.22. The molecular weight excluding hydrogens is 206 g/mol. The third kappa shape index (κ3) is 3.09. The van der Waals surface area contributed by atoms with Gasteiger partial charge in [0.1, 0.15) is 0 Å². The number of nitriles is 1. The van der Waals surface area contributed by atoms with Crippen LogP contribution in [0.4, 0.5) is 0 Å². The number of hydrogen-bond acceptors (Lipinski definition) is 1. The maximum absolute atomic E-state index is 9.02. The molecule has 1 atom stereocenters. The molecule has 1 unspecified atom stereocenters. The van der Waals surface area contributed by atoms with Crippen molar-refractivity contribution in [1.82, 2.24) is 0 Å². The minimum atomic E-state index is 0.0886. The van der Waals surface area contributed by atoms with E-state index in [1.54, 1.807) is 0 Å². The van der Waals surface area contributed by atoms with Crippen LogP contribution in [0.1, 0.15) is 64.2 Å². The molecule has 1 aromatic rings. The van der Waals surface area contributed by atoms with Crippen molar-refractivity contribution in [1.29, 1.82) is 5.26 Å². The molecule has 0 fully saturated rings. The average molecular weight is 229 g/mol. The summed E-state index contributed by atoms with van der Waals surface area (Å²) in [7, 11) is 0. The first-order valence-corrected chi connectivity index (χ1v) is 6.32. The molecule has 0 aliphatic rings. The largest absolute Gasteiger partial charge is 0.192 e. The van der Waals surface area contributed by atoms with Crippen LogP contribution in [0.25, 0.3) is 0 Å². The standard InChI is InChI=1S/C16H23N/c1-11(2)12(3)14-8-7-13(10-17)9-15(14)16(4,5)6/h7-9,11-12H,1-6H3. The van der Waals surface area contributed by atoms with Crippen molar-refractivity contribution in [2.24, 2.45) is 5.92 Å². The van der Waals surface area contributed by atoms with Crippen LogP contribution in [0.3, 0.4) is 0 Å². The van der Waals surface area contributed by atoms with E-state index in [2.05, 4.69) is 53.7 Å². The topological polar surface area (TPSA) is 23.8 Å². The predicted molar refractivity (Wildman–Crippen MR) is 73.1 cm³/mol. The molecule has 0 aromatic heterocycles. The van der Waals surface area contributed by atoms with Gasteiger partial charge in [-0.1, -0.05) is 47.6 Å². The zero-order valence-electron chi connectivity index (χ0n) is 11.8. The summed E-state index contributed by atoms with van der Waals surface area (Å²) in [5.41, 5.74) is 3.53. The third-order valence-corrected chi connectivity index (χ3v) is 3.48. The number of hydrogen-bond donors (Lipinski definition) is 0. The summed E-state index contributed by atoms with van der Waals surface area (Å²) in [5, 5.41) is 9.02. The molecule has 92 valence electrons. The highest BCUT2D eigenvalue weighted by molar-refractivity contribution is 5.43. The Kier molecular flexibility index (Phi) is 3.98. The molecule has 1 nitrogen and oxygen atoms in total. The molecule has 0 radical (unpaired) electrons. The van der Waals surface area contributed by atoms with Crippen LogP contribution in [0.2, 0.25) is 0 Å². The first-order valence-electron chi connectivity index (χ1n) is 6.32. The van der Waals surface area contributed by atoms with E-state index in [0.717, 1.165) is 5.56 Å². The Morgan fingerprint density at radius 1 is 1.12 bits per heavy atom. The van der Waals surface area contributed by atoms with Crippen molar-refractivity contribution in [2.75, 3.05) is 0 Å². The van der Waals surface area contributed by atoms with E-state index in [1.807, 2.05) is 12.1 Å². The predicted octanol–water partition coefficient (Wildman–Crippen LogP) is 4.62. The monoisotopic (exact) mass is 229 g/mol. The molecule has 0 heterocycles. The second-order valence-electron chi connectivity index (χ2n) is 6.20. The van der Waals surface area contributed by atoms with Crippen LogP contribution in [0, 0.1) is 17.2 Å². The Hall–Kier alpha value is -1.29. The molecule has 0 aliphatic heterocycles. The molecule has 1 rings (SSSR count). The lowest BCUT2D eigenvalue weighted by Crippen LogP contribution is -2.17. The molecule has 0 aliphatic carbocycles. The van der Waals surface area contributed by atoms with Gasteiger partial charge >= 0.3 is 0 Å². The lowest BCUT2D eigenvalue weighted by Gasteiger charge is -2.27. The Morgan fingerprint density at radius 3 is 2.12 bits per heavy atom. The number of nitrogens with zero attached hydrogens (tertiary/aromatic N) is 1. The fourth-order valence-corrected chi connectivity index (χ4v) is 2.03. The maximum atomic E-state index is 9.02. The molecular formula is C16H23N. The SMILES string of the molecule is CC(C)C(C)c1ccc(C#N)cc1C(C)(C)C. The van der Waals surface area contributed by atoms with Crippen molar-refractivity contribution >= 4 is 0 Å².